The maximum Gasteiger partial charge on any atom is 0.271 e. The molecule has 0 saturated carbocycles. The van der Waals surface area contributed by atoms with Gasteiger partial charge in [-0.15, -0.1) is 0 Å². The lowest BCUT2D eigenvalue weighted by molar-refractivity contribution is -0.384. The standard InChI is InChI=1S/C19H22N2O4/c1-13-6-4-7-18(15(13)3)25-11-5-8-19(22)20-17-12-16(21(23)24)10-9-14(17)2/h4,6-7,9-10,12H,5,8,11H2,1-3H3,(H,20,22). The van der Waals surface area contributed by atoms with E-state index in [9.17, 15) is 14.9 Å². The lowest BCUT2D eigenvalue weighted by Crippen LogP contribution is -2.14. The first kappa shape index (κ1) is 18.4. The van der Waals surface area contributed by atoms with Crippen LogP contribution in [0.4, 0.5) is 11.4 Å². The van der Waals surface area contributed by atoms with E-state index in [2.05, 4.69) is 5.32 Å². The quantitative estimate of drug-likeness (QED) is 0.461. The SMILES string of the molecule is Cc1ccc([N+](=O)[O-])cc1NC(=O)CCCOc1cccc(C)c1C. The Balaban J connectivity index is 1.84. The zero-order valence-corrected chi connectivity index (χ0v) is 14.7. The topological polar surface area (TPSA) is 81.5 Å². The first-order valence-corrected chi connectivity index (χ1v) is 8.12. The Morgan fingerprint density at radius 1 is 1.16 bits per heavy atom. The van der Waals surface area contributed by atoms with Crippen molar-refractivity contribution in [1.82, 2.24) is 0 Å². The van der Waals surface area contributed by atoms with Crippen LogP contribution in [0, 0.1) is 30.9 Å². The number of non-ortho nitro benzene ring substituents is 1. The predicted octanol–water partition coefficient (Wildman–Crippen LogP) is 4.32. The number of anilines is 1. The fourth-order valence-corrected chi connectivity index (χ4v) is 2.37. The van der Waals surface area contributed by atoms with Gasteiger partial charge in [-0.05, 0) is 49.9 Å². The Labute approximate surface area is 147 Å². The van der Waals surface area contributed by atoms with Crippen molar-refractivity contribution in [3.63, 3.8) is 0 Å². The summed E-state index contributed by atoms with van der Waals surface area (Å²) in [6.45, 7) is 6.26. The molecule has 2 aromatic carbocycles. The van der Waals surface area contributed by atoms with Crippen LogP contribution < -0.4 is 10.1 Å². The number of nitrogens with one attached hydrogen (secondary N) is 1. The molecule has 0 bridgehead atoms. The molecule has 0 aliphatic rings. The van der Waals surface area contributed by atoms with Gasteiger partial charge in [0.25, 0.3) is 5.69 Å². The molecule has 2 aromatic rings. The van der Waals surface area contributed by atoms with Crippen molar-refractivity contribution in [3.05, 3.63) is 63.2 Å². The number of hydrogen-bond donors (Lipinski definition) is 1. The number of aryl methyl sites for hydroxylation is 2. The van der Waals surface area contributed by atoms with Gasteiger partial charge in [0.05, 0.1) is 17.2 Å². The minimum Gasteiger partial charge on any atom is -0.493 e. The molecule has 0 unspecified atom stereocenters. The molecule has 6 nitrogen and oxygen atoms in total. The number of rotatable bonds is 7. The maximum atomic E-state index is 12.0. The molecule has 0 aliphatic heterocycles. The largest absolute Gasteiger partial charge is 0.493 e. The van der Waals surface area contributed by atoms with E-state index in [1.165, 1.54) is 12.1 Å². The molecule has 0 aliphatic carbocycles. The smallest absolute Gasteiger partial charge is 0.271 e. The predicted molar refractivity (Wildman–Crippen MR) is 97.1 cm³/mol. The van der Waals surface area contributed by atoms with Crippen LogP contribution in [0.3, 0.4) is 0 Å². The van der Waals surface area contributed by atoms with E-state index >= 15 is 0 Å². The molecule has 0 atom stereocenters. The molecule has 0 aromatic heterocycles. The van der Waals surface area contributed by atoms with Crippen LogP contribution in [-0.4, -0.2) is 17.4 Å². The van der Waals surface area contributed by atoms with Gasteiger partial charge in [0.2, 0.25) is 5.91 Å². The summed E-state index contributed by atoms with van der Waals surface area (Å²) in [6.07, 6.45) is 0.847. The first-order chi connectivity index (χ1) is 11.9. The molecule has 0 fully saturated rings. The second-order valence-electron chi connectivity index (χ2n) is 5.95. The summed E-state index contributed by atoms with van der Waals surface area (Å²) in [4.78, 5) is 22.4. The van der Waals surface area contributed by atoms with Gasteiger partial charge in [-0.2, -0.15) is 0 Å². The maximum absolute atomic E-state index is 12.0. The summed E-state index contributed by atoms with van der Waals surface area (Å²) in [5.74, 6) is 0.642. The van der Waals surface area contributed by atoms with E-state index in [0.29, 0.717) is 18.7 Å². The number of benzene rings is 2. The van der Waals surface area contributed by atoms with Gasteiger partial charge in [-0.1, -0.05) is 18.2 Å². The second-order valence-corrected chi connectivity index (χ2v) is 5.95. The van der Waals surface area contributed by atoms with Gasteiger partial charge in [0.1, 0.15) is 5.75 Å². The van der Waals surface area contributed by atoms with Gasteiger partial charge in [0, 0.05) is 18.6 Å². The molecular weight excluding hydrogens is 320 g/mol. The van der Waals surface area contributed by atoms with Crippen LogP contribution in [0.1, 0.15) is 29.5 Å². The van der Waals surface area contributed by atoms with E-state index in [4.69, 9.17) is 4.74 Å². The molecule has 1 amide bonds. The number of ether oxygens (including phenoxy) is 1. The van der Waals surface area contributed by atoms with Gasteiger partial charge in [-0.3, -0.25) is 14.9 Å². The highest BCUT2D eigenvalue weighted by molar-refractivity contribution is 5.91. The van der Waals surface area contributed by atoms with Crippen molar-refractivity contribution in [1.29, 1.82) is 0 Å². The Bertz CT molecular complexity index is 787. The van der Waals surface area contributed by atoms with Crippen LogP contribution in [0.5, 0.6) is 5.75 Å². The normalized spacial score (nSPS) is 10.4. The van der Waals surface area contributed by atoms with E-state index in [1.807, 2.05) is 32.0 Å². The number of hydrogen-bond acceptors (Lipinski definition) is 4. The molecule has 1 N–H and O–H groups in total. The zero-order valence-electron chi connectivity index (χ0n) is 14.7. The molecule has 0 saturated heterocycles. The average molecular weight is 342 g/mol. The summed E-state index contributed by atoms with van der Waals surface area (Å²) in [6, 6.07) is 10.3. The number of carbonyl (C=O) groups excluding carboxylic acids is 1. The Morgan fingerprint density at radius 3 is 2.64 bits per heavy atom. The van der Waals surface area contributed by atoms with E-state index in [-0.39, 0.29) is 18.0 Å². The molecule has 2 rings (SSSR count). The van der Waals surface area contributed by atoms with Crippen LogP contribution in [-0.2, 0) is 4.79 Å². The highest BCUT2D eigenvalue weighted by atomic mass is 16.6. The first-order valence-electron chi connectivity index (χ1n) is 8.12. The summed E-state index contributed by atoms with van der Waals surface area (Å²) in [5.41, 5.74) is 3.47. The van der Waals surface area contributed by atoms with Crippen LogP contribution >= 0.6 is 0 Å². The van der Waals surface area contributed by atoms with Crippen LogP contribution in [0.15, 0.2) is 36.4 Å². The zero-order chi connectivity index (χ0) is 18.4. The number of carbonyl (C=O) groups is 1. The second kappa shape index (κ2) is 8.28. The van der Waals surface area contributed by atoms with Gasteiger partial charge in [-0.25, -0.2) is 0 Å². The average Bonchev–Trinajstić information content (AvgIpc) is 2.57. The van der Waals surface area contributed by atoms with Crippen molar-refractivity contribution in [2.75, 3.05) is 11.9 Å². The molecule has 25 heavy (non-hydrogen) atoms. The summed E-state index contributed by atoms with van der Waals surface area (Å²) in [5, 5.41) is 13.5. The monoisotopic (exact) mass is 342 g/mol. The third-order valence-corrected chi connectivity index (χ3v) is 4.07. The van der Waals surface area contributed by atoms with Crippen LogP contribution in [0.2, 0.25) is 0 Å². The fraction of sp³-hybridized carbons (Fsp3) is 0.316. The lowest BCUT2D eigenvalue weighted by atomic mass is 10.1. The minimum absolute atomic E-state index is 0.0424. The Morgan fingerprint density at radius 2 is 1.92 bits per heavy atom. The number of amides is 1. The molecule has 0 spiro atoms. The summed E-state index contributed by atoms with van der Waals surface area (Å²) in [7, 11) is 0. The van der Waals surface area contributed by atoms with Gasteiger partial charge < -0.3 is 10.1 Å². The molecule has 132 valence electrons. The van der Waals surface area contributed by atoms with Gasteiger partial charge in [0.15, 0.2) is 0 Å². The van der Waals surface area contributed by atoms with Crippen molar-refractivity contribution in [3.8, 4) is 5.75 Å². The Hall–Kier alpha value is -2.89. The summed E-state index contributed by atoms with van der Waals surface area (Å²) >= 11 is 0. The van der Waals surface area contributed by atoms with Crippen molar-refractivity contribution in [2.45, 2.75) is 33.6 Å². The van der Waals surface area contributed by atoms with Crippen LogP contribution in [0.25, 0.3) is 0 Å². The number of nitro benzene ring substituents is 1. The highest BCUT2D eigenvalue weighted by Crippen LogP contribution is 2.23. The number of nitro groups is 1. The Kier molecular flexibility index (Phi) is 6.11. The van der Waals surface area contributed by atoms with Crippen molar-refractivity contribution < 1.29 is 14.5 Å². The van der Waals surface area contributed by atoms with E-state index in [1.54, 1.807) is 13.0 Å². The summed E-state index contributed by atoms with van der Waals surface area (Å²) < 4.78 is 5.72. The lowest BCUT2D eigenvalue weighted by Gasteiger charge is -2.11. The van der Waals surface area contributed by atoms with E-state index in [0.717, 1.165) is 22.4 Å². The van der Waals surface area contributed by atoms with E-state index < -0.39 is 4.92 Å². The minimum atomic E-state index is -0.479. The molecule has 0 heterocycles. The molecular formula is C19H22N2O4. The van der Waals surface area contributed by atoms with Crippen molar-refractivity contribution >= 4 is 17.3 Å². The third kappa shape index (κ3) is 5.04. The molecule has 6 heteroatoms. The molecule has 0 radical (unpaired) electrons. The highest BCUT2D eigenvalue weighted by Gasteiger charge is 2.11. The third-order valence-electron chi connectivity index (χ3n) is 4.07. The van der Waals surface area contributed by atoms with Crippen molar-refractivity contribution in [2.24, 2.45) is 0 Å². The number of nitrogens with zero attached hydrogens (tertiary/aromatic N) is 1. The fourth-order valence-electron chi connectivity index (χ4n) is 2.37. The van der Waals surface area contributed by atoms with Gasteiger partial charge >= 0.3 is 0 Å².